The molecule has 62 heavy (non-hydrogen) atoms. The lowest BCUT2D eigenvalue weighted by atomic mass is 10.1. The minimum Gasteiger partial charge on any atom is -0.462 e. The topological polar surface area (TPSA) is 175 Å². The van der Waals surface area contributed by atoms with Crippen molar-refractivity contribution in [3.05, 3.63) is 0 Å². The van der Waals surface area contributed by atoms with Gasteiger partial charge in [0.25, 0.3) is 5.24 Å². The maximum atomic E-state index is 13.3. The summed E-state index contributed by atoms with van der Waals surface area (Å²) in [6.45, 7) is 6.54. The molecule has 0 aromatic heterocycles. The van der Waals surface area contributed by atoms with Gasteiger partial charge in [0.15, 0.2) is 12.2 Å². The van der Waals surface area contributed by atoms with Gasteiger partial charge in [-0.15, -0.1) is 0 Å². The monoisotopic (exact) mass is 903 g/mol. The summed E-state index contributed by atoms with van der Waals surface area (Å²) in [7, 11) is 3.93. The molecule has 0 spiro atoms. The van der Waals surface area contributed by atoms with E-state index in [9.17, 15) is 33.9 Å². The van der Waals surface area contributed by atoms with Crippen molar-refractivity contribution in [2.75, 3.05) is 65.9 Å². The molecule has 0 heterocycles. The number of nitrogens with zero attached hydrogens (tertiary/aromatic N) is 2. The summed E-state index contributed by atoms with van der Waals surface area (Å²) in [5.74, 6) is -1.74. The van der Waals surface area contributed by atoms with E-state index in [1.807, 2.05) is 19.0 Å². The number of amides is 1. The SMILES string of the molecule is CCCCCCCCC(=O)OCC(CO)OC(=O)CCCN(CCCC(=O)OC(COC(=O)CCCCCCCC)COC(=O)CCCCCCCC)C(=O)SCCCN(C)C. The summed E-state index contributed by atoms with van der Waals surface area (Å²) < 4.78 is 27.1. The Labute approximate surface area is 379 Å². The lowest BCUT2D eigenvalue weighted by molar-refractivity contribution is -0.167. The Bertz CT molecular complexity index is 1140. The van der Waals surface area contributed by atoms with E-state index in [1.165, 1.54) is 31.0 Å². The largest absolute Gasteiger partial charge is 0.462 e. The first kappa shape index (κ1) is 59.1. The molecule has 0 aromatic rings. The van der Waals surface area contributed by atoms with Gasteiger partial charge >= 0.3 is 29.8 Å². The number of aliphatic hydroxyl groups is 1. The highest BCUT2D eigenvalue weighted by molar-refractivity contribution is 8.13. The standard InChI is InChI=1S/C47H86N2O12S/c1-6-9-12-15-18-21-27-42(51)57-37-40(36-50)60-45(54)30-24-33-49(47(56)62-35-26-32-48(4)5)34-25-31-46(55)61-41(38-58-43(52)28-22-19-16-13-10-7-2)39-59-44(53)29-23-20-17-14-11-8-3/h40-41,50H,6-39H2,1-5H3. The van der Waals surface area contributed by atoms with Crippen LogP contribution >= 0.6 is 11.8 Å². The number of hydrogen-bond acceptors (Lipinski definition) is 14. The first-order valence-corrected chi connectivity index (χ1v) is 25.0. The minimum absolute atomic E-state index is 0.0316. The lowest BCUT2D eigenvalue weighted by Crippen LogP contribution is -2.33. The van der Waals surface area contributed by atoms with Crippen LogP contribution in [-0.4, -0.2) is 128 Å². The number of ether oxygens (including phenoxy) is 5. The fourth-order valence-electron chi connectivity index (χ4n) is 6.41. The summed E-state index contributed by atoms with van der Waals surface area (Å²) in [5, 5.41) is 9.55. The van der Waals surface area contributed by atoms with Gasteiger partial charge in [-0.3, -0.25) is 28.8 Å². The minimum atomic E-state index is -0.983. The van der Waals surface area contributed by atoms with Crippen LogP contribution < -0.4 is 0 Å². The third-order valence-corrected chi connectivity index (χ3v) is 11.1. The third kappa shape index (κ3) is 37.6. The number of esters is 5. The van der Waals surface area contributed by atoms with Crippen molar-refractivity contribution in [1.29, 1.82) is 0 Å². The van der Waals surface area contributed by atoms with E-state index < -0.39 is 48.7 Å². The Morgan fingerprint density at radius 2 is 0.806 bits per heavy atom. The molecule has 0 aliphatic carbocycles. The molecule has 0 saturated carbocycles. The highest BCUT2D eigenvalue weighted by atomic mass is 32.2. The van der Waals surface area contributed by atoms with Crippen molar-refractivity contribution >= 4 is 46.8 Å². The Morgan fingerprint density at radius 3 is 1.19 bits per heavy atom. The molecule has 0 fully saturated rings. The van der Waals surface area contributed by atoms with Gasteiger partial charge in [0, 0.05) is 50.9 Å². The summed E-state index contributed by atoms with van der Waals surface area (Å²) in [6, 6.07) is 0. The fourth-order valence-corrected chi connectivity index (χ4v) is 7.22. The number of rotatable bonds is 42. The van der Waals surface area contributed by atoms with Gasteiger partial charge in [-0.05, 0) is 59.2 Å². The molecule has 1 N–H and O–H groups in total. The number of hydrogen-bond donors (Lipinski definition) is 1. The van der Waals surface area contributed by atoms with Crippen molar-refractivity contribution in [2.24, 2.45) is 0 Å². The maximum absolute atomic E-state index is 13.3. The number of carbonyl (C=O) groups excluding carboxylic acids is 6. The molecule has 14 nitrogen and oxygen atoms in total. The molecule has 362 valence electrons. The lowest BCUT2D eigenvalue weighted by Gasteiger charge is -2.23. The fraction of sp³-hybridized carbons (Fsp3) is 0.872. The molecule has 0 aliphatic heterocycles. The van der Waals surface area contributed by atoms with Crippen LogP contribution in [0.25, 0.3) is 0 Å². The number of thioether (sulfide) groups is 1. The van der Waals surface area contributed by atoms with E-state index in [-0.39, 0.29) is 83.1 Å². The van der Waals surface area contributed by atoms with Gasteiger partial charge in [0.05, 0.1) is 6.61 Å². The average Bonchev–Trinajstić information content (AvgIpc) is 3.24. The molecule has 1 amide bonds. The van der Waals surface area contributed by atoms with Crippen molar-refractivity contribution < 1.29 is 57.6 Å². The molecular weight excluding hydrogens is 817 g/mol. The van der Waals surface area contributed by atoms with Gasteiger partial charge in [-0.1, -0.05) is 129 Å². The smallest absolute Gasteiger partial charge is 0.306 e. The number of unbranched alkanes of at least 4 members (excludes halogenated alkanes) is 15. The third-order valence-electron chi connectivity index (χ3n) is 10.1. The first-order valence-electron chi connectivity index (χ1n) is 24.0. The molecule has 15 heteroatoms. The molecule has 0 rings (SSSR count). The maximum Gasteiger partial charge on any atom is 0.306 e. The van der Waals surface area contributed by atoms with Gasteiger partial charge in [0.1, 0.15) is 19.8 Å². The van der Waals surface area contributed by atoms with E-state index >= 15 is 0 Å². The molecule has 0 bridgehead atoms. The average molecular weight is 903 g/mol. The van der Waals surface area contributed by atoms with E-state index in [0.717, 1.165) is 96.4 Å². The molecule has 1 atom stereocenters. The zero-order chi connectivity index (χ0) is 46.1. The zero-order valence-electron chi connectivity index (χ0n) is 39.4. The summed E-state index contributed by atoms with van der Waals surface area (Å²) >= 11 is 1.18. The van der Waals surface area contributed by atoms with Crippen LogP contribution in [0.5, 0.6) is 0 Å². The predicted molar refractivity (Wildman–Crippen MR) is 245 cm³/mol. The zero-order valence-corrected chi connectivity index (χ0v) is 40.3. The first-order chi connectivity index (χ1) is 29.9. The number of aliphatic hydroxyl groups excluding tert-OH is 1. The van der Waals surface area contributed by atoms with Crippen molar-refractivity contribution in [3.8, 4) is 0 Å². The van der Waals surface area contributed by atoms with E-state index in [4.69, 9.17) is 23.7 Å². The predicted octanol–water partition coefficient (Wildman–Crippen LogP) is 9.35. The normalized spacial score (nSPS) is 11.7. The van der Waals surface area contributed by atoms with Gasteiger partial charge in [-0.2, -0.15) is 0 Å². The Hall–Kier alpha value is -2.91. The molecule has 1 unspecified atom stereocenters. The van der Waals surface area contributed by atoms with Crippen LogP contribution in [0.15, 0.2) is 0 Å². The highest BCUT2D eigenvalue weighted by Gasteiger charge is 2.22. The summed E-state index contributed by atoms with van der Waals surface area (Å²) in [5.41, 5.74) is 0. The van der Waals surface area contributed by atoms with Crippen LogP contribution in [0, 0.1) is 0 Å². The van der Waals surface area contributed by atoms with Crippen molar-refractivity contribution in [2.45, 2.75) is 200 Å². The second-order valence-corrected chi connectivity index (χ2v) is 17.5. The molecule has 0 aliphatic rings. The quantitative estimate of drug-likeness (QED) is 0.0348. The van der Waals surface area contributed by atoms with Crippen LogP contribution in [0.1, 0.15) is 188 Å². The van der Waals surface area contributed by atoms with Crippen molar-refractivity contribution in [3.63, 3.8) is 0 Å². The molecular formula is C47H86N2O12S. The second kappa shape index (κ2) is 42.1. The molecule has 0 aromatic carbocycles. The van der Waals surface area contributed by atoms with Crippen molar-refractivity contribution in [1.82, 2.24) is 9.80 Å². The van der Waals surface area contributed by atoms with E-state index in [2.05, 4.69) is 20.8 Å². The Morgan fingerprint density at radius 1 is 0.452 bits per heavy atom. The van der Waals surface area contributed by atoms with E-state index in [0.29, 0.717) is 18.6 Å². The summed E-state index contributed by atoms with van der Waals surface area (Å²) in [6.07, 6.45) is 18.7. The van der Waals surface area contributed by atoms with Crippen LogP contribution in [0.3, 0.4) is 0 Å². The Balaban J connectivity index is 5.18. The Kier molecular flexibility index (Phi) is 40.1. The van der Waals surface area contributed by atoms with Gasteiger partial charge < -0.3 is 38.6 Å². The number of carbonyl (C=O) groups is 6. The van der Waals surface area contributed by atoms with E-state index in [1.54, 1.807) is 4.90 Å². The summed E-state index contributed by atoms with van der Waals surface area (Å²) in [4.78, 5) is 79.8. The van der Waals surface area contributed by atoms with Crippen LogP contribution in [0.2, 0.25) is 0 Å². The molecule has 0 saturated heterocycles. The molecule has 0 radical (unpaired) electrons. The van der Waals surface area contributed by atoms with Crippen LogP contribution in [0.4, 0.5) is 4.79 Å². The van der Waals surface area contributed by atoms with Gasteiger partial charge in [-0.25, -0.2) is 0 Å². The van der Waals surface area contributed by atoms with Crippen LogP contribution in [-0.2, 0) is 47.7 Å². The highest BCUT2D eigenvalue weighted by Crippen LogP contribution is 2.15. The second-order valence-electron chi connectivity index (χ2n) is 16.5. The van der Waals surface area contributed by atoms with Gasteiger partial charge in [0.2, 0.25) is 0 Å².